The van der Waals surface area contributed by atoms with E-state index in [1.54, 1.807) is 12.1 Å². The molecule has 0 unspecified atom stereocenters. The zero-order valence-corrected chi connectivity index (χ0v) is 14.2. The maximum Gasteiger partial charge on any atom is 0.194 e. The highest BCUT2D eigenvalue weighted by atomic mass is 35.5. The minimum atomic E-state index is -1.42. The minimum absolute atomic E-state index is 0.354. The van der Waals surface area contributed by atoms with Crippen LogP contribution in [0, 0.1) is 23.4 Å². The Morgan fingerprint density at radius 3 is 2.36 bits per heavy atom. The van der Waals surface area contributed by atoms with E-state index in [1.807, 2.05) is 0 Å². The first-order valence-corrected chi connectivity index (χ1v) is 8.48. The van der Waals surface area contributed by atoms with Crippen LogP contribution in [0.4, 0.5) is 19.0 Å². The Balaban J connectivity index is 1.46. The van der Waals surface area contributed by atoms with Crippen molar-refractivity contribution in [2.45, 2.75) is 19.4 Å². The van der Waals surface area contributed by atoms with Crippen LogP contribution >= 0.6 is 11.6 Å². The van der Waals surface area contributed by atoms with Crippen molar-refractivity contribution in [1.29, 1.82) is 0 Å². The van der Waals surface area contributed by atoms with E-state index in [0.717, 1.165) is 44.6 Å². The molecule has 0 amide bonds. The van der Waals surface area contributed by atoms with Gasteiger partial charge in [0, 0.05) is 13.1 Å². The van der Waals surface area contributed by atoms with E-state index >= 15 is 0 Å². The zero-order valence-electron chi connectivity index (χ0n) is 13.5. The first-order chi connectivity index (χ1) is 12.0. The first kappa shape index (κ1) is 17.9. The van der Waals surface area contributed by atoms with Crippen molar-refractivity contribution in [2.75, 3.05) is 25.0 Å². The van der Waals surface area contributed by atoms with Gasteiger partial charge >= 0.3 is 0 Å². The lowest BCUT2D eigenvalue weighted by molar-refractivity contribution is 0.182. The van der Waals surface area contributed by atoms with Crippen molar-refractivity contribution >= 4 is 17.4 Å². The van der Waals surface area contributed by atoms with E-state index < -0.39 is 17.5 Å². The number of rotatable bonds is 5. The lowest BCUT2D eigenvalue weighted by Gasteiger charge is -2.32. The molecule has 4 nitrogen and oxygen atoms in total. The monoisotopic (exact) mass is 370 g/mol. The molecule has 0 bridgehead atoms. The highest BCUT2D eigenvalue weighted by molar-refractivity contribution is 6.29. The van der Waals surface area contributed by atoms with Crippen molar-refractivity contribution < 1.29 is 13.2 Å². The molecule has 1 saturated heterocycles. The van der Waals surface area contributed by atoms with Crippen LogP contribution in [0.5, 0.6) is 0 Å². The molecule has 8 heteroatoms. The summed E-state index contributed by atoms with van der Waals surface area (Å²) >= 11 is 5.70. The van der Waals surface area contributed by atoms with Crippen LogP contribution in [0.25, 0.3) is 0 Å². The molecule has 1 fully saturated rings. The highest BCUT2D eigenvalue weighted by Gasteiger charge is 2.20. The number of aromatic nitrogens is 2. The van der Waals surface area contributed by atoms with Gasteiger partial charge in [0.1, 0.15) is 5.82 Å². The Morgan fingerprint density at radius 1 is 1.08 bits per heavy atom. The zero-order chi connectivity index (χ0) is 17.8. The fourth-order valence-electron chi connectivity index (χ4n) is 2.97. The Hall–Kier alpha value is -1.86. The second-order valence-electron chi connectivity index (χ2n) is 6.22. The van der Waals surface area contributed by atoms with Gasteiger partial charge in [-0.3, -0.25) is 4.90 Å². The second kappa shape index (κ2) is 8.01. The average molecular weight is 371 g/mol. The van der Waals surface area contributed by atoms with E-state index in [0.29, 0.717) is 29.0 Å². The molecule has 1 N–H and O–H groups in total. The molecule has 0 spiro atoms. The fraction of sp³-hybridized carbons (Fsp3) is 0.412. The third-order valence-corrected chi connectivity index (χ3v) is 4.56. The van der Waals surface area contributed by atoms with Gasteiger partial charge in [-0.15, -0.1) is 10.2 Å². The predicted molar refractivity (Wildman–Crippen MR) is 89.8 cm³/mol. The van der Waals surface area contributed by atoms with E-state index in [9.17, 15) is 13.2 Å². The van der Waals surface area contributed by atoms with Crippen molar-refractivity contribution in [3.63, 3.8) is 0 Å². The molecule has 2 aromatic rings. The summed E-state index contributed by atoms with van der Waals surface area (Å²) in [5.41, 5.74) is 0.449. The summed E-state index contributed by atoms with van der Waals surface area (Å²) in [5.74, 6) is -2.53. The van der Waals surface area contributed by atoms with Gasteiger partial charge in [0.15, 0.2) is 22.6 Å². The Bertz CT molecular complexity index is 695. The molecule has 1 aromatic carbocycles. The largest absolute Gasteiger partial charge is 0.368 e. The van der Waals surface area contributed by atoms with Crippen LogP contribution in [0.2, 0.25) is 5.15 Å². The average Bonchev–Trinajstić information content (AvgIpc) is 2.60. The first-order valence-electron chi connectivity index (χ1n) is 8.10. The lowest BCUT2D eigenvalue weighted by atomic mass is 9.96. The topological polar surface area (TPSA) is 41.0 Å². The Morgan fingerprint density at radius 2 is 1.76 bits per heavy atom. The third kappa shape index (κ3) is 4.83. The van der Waals surface area contributed by atoms with E-state index in [-0.39, 0.29) is 0 Å². The number of likely N-dealkylation sites (tertiary alicyclic amines) is 1. The number of piperidine rings is 1. The number of anilines is 1. The van der Waals surface area contributed by atoms with E-state index in [2.05, 4.69) is 20.4 Å². The van der Waals surface area contributed by atoms with Crippen LogP contribution in [0.15, 0.2) is 24.3 Å². The number of hydrogen-bond donors (Lipinski definition) is 1. The summed E-state index contributed by atoms with van der Waals surface area (Å²) in [5, 5.41) is 11.3. The summed E-state index contributed by atoms with van der Waals surface area (Å²) in [6.45, 7) is 2.83. The van der Waals surface area contributed by atoms with Gasteiger partial charge in [-0.05, 0) is 61.7 Å². The fourth-order valence-corrected chi connectivity index (χ4v) is 3.07. The number of halogens is 4. The number of hydrogen-bond acceptors (Lipinski definition) is 4. The summed E-state index contributed by atoms with van der Waals surface area (Å²) in [6, 6.07) is 5.58. The summed E-state index contributed by atoms with van der Waals surface area (Å²) in [4.78, 5) is 2.12. The Kier molecular flexibility index (Phi) is 5.75. The van der Waals surface area contributed by atoms with Gasteiger partial charge in [-0.1, -0.05) is 11.6 Å². The summed E-state index contributed by atoms with van der Waals surface area (Å²) < 4.78 is 39.6. The molecule has 1 aliphatic rings. The highest BCUT2D eigenvalue weighted by Crippen LogP contribution is 2.21. The van der Waals surface area contributed by atoms with Gasteiger partial charge in [0.25, 0.3) is 0 Å². The second-order valence-corrected chi connectivity index (χ2v) is 6.60. The molecule has 0 aliphatic carbocycles. The van der Waals surface area contributed by atoms with Crippen molar-refractivity contribution in [3.05, 3.63) is 52.4 Å². The molecule has 3 rings (SSSR count). The predicted octanol–water partition coefficient (Wildman–Crippen LogP) is 3.87. The normalized spacial score (nSPS) is 16.2. The van der Waals surface area contributed by atoms with Crippen LogP contribution in [0.3, 0.4) is 0 Å². The molecular formula is C17H18ClF3N4. The van der Waals surface area contributed by atoms with Gasteiger partial charge in [0.05, 0.1) is 0 Å². The lowest BCUT2D eigenvalue weighted by Crippen LogP contribution is -2.35. The third-order valence-electron chi connectivity index (χ3n) is 4.36. The molecule has 0 radical (unpaired) electrons. The van der Waals surface area contributed by atoms with Crippen LogP contribution in [-0.2, 0) is 6.54 Å². The molecule has 2 heterocycles. The van der Waals surface area contributed by atoms with Gasteiger partial charge in [-0.25, -0.2) is 13.2 Å². The molecule has 134 valence electrons. The van der Waals surface area contributed by atoms with Crippen molar-refractivity contribution in [2.24, 2.45) is 5.92 Å². The molecule has 0 saturated carbocycles. The maximum absolute atomic E-state index is 13.3. The molecule has 1 aromatic heterocycles. The van der Waals surface area contributed by atoms with Crippen LogP contribution in [0.1, 0.15) is 18.4 Å². The van der Waals surface area contributed by atoms with E-state index in [1.165, 1.54) is 0 Å². The molecule has 25 heavy (non-hydrogen) atoms. The van der Waals surface area contributed by atoms with Crippen molar-refractivity contribution in [1.82, 2.24) is 15.1 Å². The number of nitrogens with zero attached hydrogens (tertiary/aromatic N) is 3. The summed E-state index contributed by atoms with van der Waals surface area (Å²) in [6.07, 6.45) is 1.92. The van der Waals surface area contributed by atoms with E-state index in [4.69, 9.17) is 11.6 Å². The van der Waals surface area contributed by atoms with Gasteiger partial charge < -0.3 is 5.32 Å². The quantitative estimate of drug-likeness (QED) is 0.811. The van der Waals surface area contributed by atoms with Crippen molar-refractivity contribution in [3.8, 4) is 0 Å². The SMILES string of the molecule is Fc1cc(CN2CCC(CNc3ccc(Cl)nn3)CC2)cc(F)c1F. The molecule has 1 aliphatic heterocycles. The Labute approximate surface area is 149 Å². The molecule has 0 atom stereocenters. The minimum Gasteiger partial charge on any atom is -0.368 e. The van der Waals surface area contributed by atoms with Gasteiger partial charge in [0.2, 0.25) is 0 Å². The van der Waals surface area contributed by atoms with Crippen LogP contribution < -0.4 is 5.32 Å². The summed E-state index contributed by atoms with van der Waals surface area (Å²) in [7, 11) is 0. The number of nitrogens with one attached hydrogen (secondary N) is 1. The van der Waals surface area contributed by atoms with Crippen LogP contribution in [-0.4, -0.2) is 34.7 Å². The number of benzene rings is 1. The standard InChI is InChI=1S/C17H18ClF3N4/c18-15-1-2-16(24-23-15)22-9-11-3-5-25(6-4-11)10-12-7-13(19)17(21)14(20)8-12/h1-2,7-8,11H,3-6,9-10H2,(H,22,24). The molecular weight excluding hydrogens is 353 g/mol. The smallest absolute Gasteiger partial charge is 0.194 e. The van der Waals surface area contributed by atoms with Gasteiger partial charge in [-0.2, -0.15) is 0 Å². The maximum atomic E-state index is 13.3.